The Morgan fingerprint density at radius 2 is 1.79 bits per heavy atom. The summed E-state index contributed by atoms with van der Waals surface area (Å²) in [7, 11) is 3.05. The highest BCUT2D eigenvalue weighted by Crippen LogP contribution is 2.37. The third-order valence-corrected chi connectivity index (χ3v) is 5.59. The first-order chi connectivity index (χ1) is 13.9. The van der Waals surface area contributed by atoms with Gasteiger partial charge in [0.25, 0.3) is 11.1 Å². The number of ether oxygens (including phenoxy) is 3. The van der Waals surface area contributed by atoms with Gasteiger partial charge in [0.15, 0.2) is 0 Å². The fourth-order valence-electron chi connectivity index (χ4n) is 2.62. The Hall–Kier alpha value is -2.52. The second-order valence-corrected chi connectivity index (χ2v) is 7.71. The Morgan fingerprint density at radius 3 is 2.45 bits per heavy atom. The molecular weight excluding hydrogens is 465 g/mol. The zero-order valence-electron chi connectivity index (χ0n) is 15.6. The summed E-state index contributed by atoms with van der Waals surface area (Å²) < 4.78 is 29.7. The number of hydrogen-bond donors (Lipinski definition) is 0. The van der Waals surface area contributed by atoms with Crippen LogP contribution in [0.15, 0.2) is 45.8 Å². The van der Waals surface area contributed by atoms with Gasteiger partial charge in [-0.3, -0.25) is 14.5 Å². The van der Waals surface area contributed by atoms with Crippen molar-refractivity contribution in [1.29, 1.82) is 0 Å². The number of halogens is 2. The van der Waals surface area contributed by atoms with E-state index in [1.807, 2.05) is 0 Å². The van der Waals surface area contributed by atoms with Gasteiger partial charge in [0.1, 0.15) is 29.7 Å². The third-order valence-electron chi connectivity index (χ3n) is 4.06. The van der Waals surface area contributed by atoms with E-state index in [2.05, 4.69) is 15.9 Å². The summed E-state index contributed by atoms with van der Waals surface area (Å²) in [4.78, 5) is 26.3. The van der Waals surface area contributed by atoms with Crippen molar-refractivity contribution in [3.63, 3.8) is 0 Å². The van der Waals surface area contributed by atoms with Crippen molar-refractivity contribution in [3.8, 4) is 17.2 Å². The van der Waals surface area contributed by atoms with E-state index in [-0.39, 0.29) is 29.1 Å². The molecule has 1 heterocycles. The second kappa shape index (κ2) is 9.32. The van der Waals surface area contributed by atoms with E-state index in [0.717, 1.165) is 16.7 Å². The summed E-state index contributed by atoms with van der Waals surface area (Å²) in [5.41, 5.74) is 0.633. The highest BCUT2D eigenvalue weighted by atomic mass is 79.9. The summed E-state index contributed by atoms with van der Waals surface area (Å²) in [6.45, 7) is 0.192. The lowest BCUT2D eigenvalue weighted by Gasteiger charge is -2.13. The fraction of sp³-hybridized carbons (Fsp3) is 0.200. The maximum Gasteiger partial charge on any atom is 0.293 e. The average molecular weight is 482 g/mol. The molecule has 9 heteroatoms. The lowest BCUT2D eigenvalue weighted by molar-refractivity contribution is -0.123. The first-order valence-corrected chi connectivity index (χ1v) is 10.1. The van der Waals surface area contributed by atoms with Crippen LogP contribution in [0.2, 0.25) is 0 Å². The minimum Gasteiger partial charge on any atom is -0.496 e. The van der Waals surface area contributed by atoms with Gasteiger partial charge in [-0.05, 0) is 64.1 Å². The number of nitrogens with zero attached hydrogens (tertiary/aromatic N) is 1. The molecule has 29 heavy (non-hydrogen) atoms. The second-order valence-electron chi connectivity index (χ2n) is 5.86. The minimum absolute atomic E-state index is 0.0861. The van der Waals surface area contributed by atoms with Gasteiger partial charge in [0.2, 0.25) is 0 Å². The Morgan fingerprint density at radius 1 is 1.10 bits per heavy atom. The summed E-state index contributed by atoms with van der Waals surface area (Å²) in [6.07, 6.45) is 1.61. The van der Waals surface area contributed by atoms with Crippen molar-refractivity contribution >= 4 is 44.9 Å². The molecule has 0 unspecified atom stereocenters. The quantitative estimate of drug-likeness (QED) is 0.533. The van der Waals surface area contributed by atoms with Crippen LogP contribution in [0.4, 0.5) is 9.18 Å². The Balaban J connectivity index is 1.71. The van der Waals surface area contributed by atoms with E-state index in [9.17, 15) is 14.0 Å². The average Bonchev–Trinajstić information content (AvgIpc) is 2.97. The first-order valence-electron chi connectivity index (χ1n) is 8.48. The maximum absolute atomic E-state index is 12.9. The van der Waals surface area contributed by atoms with Gasteiger partial charge in [-0.1, -0.05) is 0 Å². The minimum atomic E-state index is -0.406. The van der Waals surface area contributed by atoms with Crippen LogP contribution in [0.3, 0.4) is 0 Å². The van der Waals surface area contributed by atoms with Crippen molar-refractivity contribution in [3.05, 3.63) is 57.2 Å². The zero-order valence-corrected chi connectivity index (χ0v) is 18.0. The molecule has 0 N–H and O–H groups in total. The number of methoxy groups -OCH3 is 2. The van der Waals surface area contributed by atoms with Crippen LogP contribution < -0.4 is 14.2 Å². The number of hydrogen-bond acceptors (Lipinski definition) is 6. The molecule has 1 fully saturated rings. The number of carbonyl (C=O) groups is 2. The Kier molecular flexibility index (Phi) is 6.81. The molecule has 1 aliphatic heterocycles. The molecule has 3 rings (SSSR count). The predicted molar refractivity (Wildman–Crippen MR) is 112 cm³/mol. The molecule has 6 nitrogen and oxygen atoms in total. The number of benzene rings is 2. The van der Waals surface area contributed by atoms with Gasteiger partial charge in [-0.25, -0.2) is 4.39 Å². The molecule has 0 atom stereocenters. The molecule has 0 aromatic heterocycles. The molecule has 0 bridgehead atoms. The van der Waals surface area contributed by atoms with E-state index >= 15 is 0 Å². The number of imide groups is 1. The first kappa shape index (κ1) is 21.2. The van der Waals surface area contributed by atoms with E-state index < -0.39 is 5.91 Å². The molecule has 1 aliphatic rings. The van der Waals surface area contributed by atoms with Crippen LogP contribution in [-0.4, -0.2) is 43.4 Å². The Labute approximate surface area is 179 Å². The van der Waals surface area contributed by atoms with Gasteiger partial charge >= 0.3 is 0 Å². The SMILES string of the molecule is COc1cc(OC)c(/C=C2\SC(=O)N(CCOc3ccc(F)cc3)C2=O)cc1Br. The zero-order chi connectivity index (χ0) is 21.0. The van der Waals surface area contributed by atoms with Crippen LogP contribution in [0.5, 0.6) is 17.2 Å². The molecule has 0 aliphatic carbocycles. The standard InChI is InChI=1S/C20H17BrFNO5S/c1-26-16-11-17(27-2)15(21)9-12(16)10-18-19(24)23(20(25)29-18)7-8-28-14-5-3-13(22)4-6-14/h3-6,9-11H,7-8H2,1-2H3/b18-10-. The van der Waals surface area contributed by atoms with E-state index in [1.165, 1.54) is 31.4 Å². The van der Waals surface area contributed by atoms with Gasteiger partial charge < -0.3 is 14.2 Å². The highest BCUT2D eigenvalue weighted by molar-refractivity contribution is 9.10. The highest BCUT2D eigenvalue weighted by Gasteiger charge is 2.35. The summed E-state index contributed by atoms with van der Waals surface area (Å²) in [5.74, 6) is 0.786. The maximum atomic E-state index is 12.9. The van der Waals surface area contributed by atoms with Crippen molar-refractivity contribution < 1.29 is 28.2 Å². The van der Waals surface area contributed by atoms with E-state index in [1.54, 1.807) is 25.3 Å². The molecule has 0 spiro atoms. The number of amides is 2. The lowest BCUT2D eigenvalue weighted by atomic mass is 10.1. The summed E-state index contributed by atoms with van der Waals surface area (Å²) in [6, 6.07) is 8.96. The van der Waals surface area contributed by atoms with Crippen LogP contribution in [0, 0.1) is 5.82 Å². The topological polar surface area (TPSA) is 65.1 Å². The van der Waals surface area contributed by atoms with Crippen molar-refractivity contribution in [2.45, 2.75) is 0 Å². The number of carbonyl (C=O) groups excluding carboxylic acids is 2. The molecule has 0 saturated carbocycles. The fourth-order valence-corrected chi connectivity index (χ4v) is 3.99. The van der Waals surface area contributed by atoms with E-state index in [4.69, 9.17) is 14.2 Å². The van der Waals surface area contributed by atoms with Crippen LogP contribution >= 0.6 is 27.7 Å². The molecule has 2 aromatic carbocycles. The van der Waals surface area contributed by atoms with Gasteiger partial charge in [0, 0.05) is 11.6 Å². The van der Waals surface area contributed by atoms with E-state index in [0.29, 0.717) is 27.3 Å². The molecule has 1 saturated heterocycles. The van der Waals surface area contributed by atoms with Crippen LogP contribution in [-0.2, 0) is 4.79 Å². The predicted octanol–water partition coefficient (Wildman–Crippen LogP) is 4.72. The molecule has 152 valence electrons. The van der Waals surface area contributed by atoms with Crippen molar-refractivity contribution in [2.24, 2.45) is 0 Å². The van der Waals surface area contributed by atoms with Gasteiger partial charge in [-0.15, -0.1) is 0 Å². The number of thioether (sulfide) groups is 1. The molecule has 0 radical (unpaired) electrons. The molecule has 2 aromatic rings. The molecule has 2 amide bonds. The smallest absolute Gasteiger partial charge is 0.293 e. The van der Waals surface area contributed by atoms with Gasteiger partial charge in [0.05, 0.1) is 30.1 Å². The lowest BCUT2D eigenvalue weighted by Crippen LogP contribution is -2.32. The van der Waals surface area contributed by atoms with Crippen molar-refractivity contribution in [1.82, 2.24) is 4.90 Å². The largest absolute Gasteiger partial charge is 0.496 e. The van der Waals surface area contributed by atoms with Crippen LogP contribution in [0.25, 0.3) is 6.08 Å². The third kappa shape index (κ3) is 4.91. The number of rotatable bonds is 7. The Bertz CT molecular complexity index is 964. The van der Waals surface area contributed by atoms with Crippen LogP contribution in [0.1, 0.15) is 5.56 Å². The van der Waals surface area contributed by atoms with Crippen molar-refractivity contribution in [2.75, 3.05) is 27.4 Å². The summed E-state index contributed by atoms with van der Waals surface area (Å²) in [5, 5.41) is -0.379. The normalized spacial score (nSPS) is 15.2. The molecular formula is C20H17BrFNO5S. The monoisotopic (exact) mass is 481 g/mol. The summed E-state index contributed by atoms with van der Waals surface area (Å²) >= 11 is 4.25. The van der Waals surface area contributed by atoms with Gasteiger partial charge in [-0.2, -0.15) is 0 Å².